The average molecular weight is 333 g/mol. The molecular formula is C12H17BrN2O4. The highest BCUT2D eigenvalue weighted by Gasteiger charge is 2.11. The Labute approximate surface area is 119 Å². The van der Waals surface area contributed by atoms with Crippen LogP contribution in [0.2, 0.25) is 0 Å². The molecule has 7 heteroatoms. The molecule has 2 amide bonds. The second-order valence-corrected chi connectivity index (χ2v) is 4.70. The van der Waals surface area contributed by atoms with Gasteiger partial charge in [-0.1, -0.05) is 0 Å². The third-order valence-corrected chi connectivity index (χ3v) is 2.79. The van der Waals surface area contributed by atoms with E-state index >= 15 is 0 Å². The Morgan fingerprint density at radius 2 is 2.00 bits per heavy atom. The molecule has 0 aliphatic heterocycles. The lowest BCUT2D eigenvalue weighted by Crippen LogP contribution is -2.37. The van der Waals surface area contributed by atoms with E-state index in [9.17, 15) is 9.59 Å². The van der Waals surface area contributed by atoms with Gasteiger partial charge in [0, 0.05) is 13.2 Å². The molecule has 0 aliphatic carbocycles. The van der Waals surface area contributed by atoms with Crippen LogP contribution in [-0.4, -0.2) is 36.6 Å². The zero-order valence-corrected chi connectivity index (χ0v) is 12.0. The van der Waals surface area contributed by atoms with Crippen molar-refractivity contribution in [3.05, 3.63) is 22.6 Å². The maximum absolute atomic E-state index is 11.5. The van der Waals surface area contributed by atoms with Crippen LogP contribution < -0.4 is 10.6 Å². The van der Waals surface area contributed by atoms with Gasteiger partial charge >= 0.3 is 0 Å². The van der Waals surface area contributed by atoms with E-state index in [1.54, 1.807) is 6.07 Å². The van der Waals surface area contributed by atoms with Gasteiger partial charge in [0.25, 0.3) is 5.91 Å². The Balaban J connectivity index is 2.14. The molecule has 3 N–H and O–H groups in total. The number of carbonyl (C=O) groups excluding carboxylic acids is 2. The topological polar surface area (TPSA) is 91.6 Å². The zero-order valence-electron chi connectivity index (χ0n) is 10.4. The summed E-state index contributed by atoms with van der Waals surface area (Å²) >= 11 is 3.09. The van der Waals surface area contributed by atoms with Gasteiger partial charge in [0.05, 0.1) is 6.54 Å². The normalized spacial score (nSPS) is 10.2. The lowest BCUT2D eigenvalue weighted by Gasteiger charge is -2.05. The fourth-order valence-electron chi connectivity index (χ4n) is 1.39. The summed E-state index contributed by atoms with van der Waals surface area (Å²) in [6, 6.07) is 3.13. The minimum absolute atomic E-state index is 0.0862. The number of hydrogen-bond acceptors (Lipinski definition) is 4. The molecule has 1 aromatic rings. The van der Waals surface area contributed by atoms with Gasteiger partial charge in [-0.15, -0.1) is 0 Å². The lowest BCUT2D eigenvalue weighted by atomic mass is 10.2. The van der Waals surface area contributed by atoms with Gasteiger partial charge in [0.15, 0.2) is 10.4 Å². The van der Waals surface area contributed by atoms with Crippen molar-refractivity contribution >= 4 is 27.7 Å². The van der Waals surface area contributed by atoms with Crippen LogP contribution in [0.1, 0.15) is 29.8 Å². The number of amides is 2. The zero-order chi connectivity index (χ0) is 14.1. The minimum atomic E-state index is -0.430. The van der Waals surface area contributed by atoms with Crippen LogP contribution in [0.25, 0.3) is 0 Å². The molecule has 0 saturated carbocycles. The molecule has 1 heterocycles. The second-order valence-electron chi connectivity index (χ2n) is 3.92. The molecule has 0 aliphatic rings. The summed E-state index contributed by atoms with van der Waals surface area (Å²) in [5.74, 6) is -0.522. The second kappa shape index (κ2) is 8.71. The molecule has 0 bridgehead atoms. The van der Waals surface area contributed by atoms with Crippen molar-refractivity contribution in [1.29, 1.82) is 0 Å². The van der Waals surface area contributed by atoms with Gasteiger partial charge < -0.3 is 20.2 Å². The number of unbranched alkanes of at least 4 members (excludes halogenated alkanes) is 2. The molecule has 1 aromatic heterocycles. The van der Waals surface area contributed by atoms with E-state index in [1.165, 1.54) is 6.07 Å². The molecule has 106 valence electrons. The van der Waals surface area contributed by atoms with Gasteiger partial charge in [-0.05, 0) is 47.3 Å². The van der Waals surface area contributed by atoms with Gasteiger partial charge in [0.1, 0.15) is 0 Å². The molecule has 0 fully saturated rings. The van der Waals surface area contributed by atoms with E-state index in [1.807, 2.05) is 0 Å². The fourth-order valence-corrected chi connectivity index (χ4v) is 1.69. The van der Waals surface area contributed by atoms with Crippen molar-refractivity contribution in [1.82, 2.24) is 10.6 Å². The van der Waals surface area contributed by atoms with E-state index in [0.717, 1.165) is 19.3 Å². The van der Waals surface area contributed by atoms with Crippen molar-refractivity contribution in [3.63, 3.8) is 0 Å². The predicted octanol–water partition coefficient (Wildman–Crippen LogP) is 1.05. The molecule has 1 rings (SSSR count). The Bertz CT molecular complexity index is 420. The largest absolute Gasteiger partial charge is 0.444 e. The van der Waals surface area contributed by atoms with Gasteiger partial charge in [0.2, 0.25) is 5.91 Å². The quantitative estimate of drug-likeness (QED) is 0.620. The monoisotopic (exact) mass is 332 g/mol. The van der Waals surface area contributed by atoms with Crippen molar-refractivity contribution in [3.8, 4) is 0 Å². The summed E-state index contributed by atoms with van der Waals surface area (Å²) in [5, 5.41) is 13.7. The van der Waals surface area contributed by atoms with Crippen molar-refractivity contribution in [2.75, 3.05) is 19.7 Å². The number of aliphatic hydroxyl groups excluding tert-OH is 1. The van der Waals surface area contributed by atoms with Crippen LogP contribution in [0.15, 0.2) is 21.2 Å². The molecule has 6 nitrogen and oxygen atoms in total. The Hall–Kier alpha value is -1.34. The van der Waals surface area contributed by atoms with Crippen LogP contribution >= 0.6 is 15.9 Å². The van der Waals surface area contributed by atoms with Crippen molar-refractivity contribution < 1.29 is 19.1 Å². The van der Waals surface area contributed by atoms with Gasteiger partial charge in [-0.25, -0.2) is 0 Å². The van der Waals surface area contributed by atoms with E-state index in [4.69, 9.17) is 9.52 Å². The van der Waals surface area contributed by atoms with E-state index in [2.05, 4.69) is 26.6 Å². The predicted molar refractivity (Wildman–Crippen MR) is 72.7 cm³/mol. The molecule has 0 spiro atoms. The number of halogens is 1. The van der Waals surface area contributed by atoms with E-state index in [0.29, 0.717) is 11.2 Å². The van der Waals surface area contributed by atoms with E-state index in [-0.39, 0.29) is 24.8 Å². The number of rotatable bonds is 8. The lowest BCUT2D eigenvalue weighted by molar-refractivity contribution is -0.120. The van der Waals surface area contributed by atoms with Crippen LogP contribution in [0.5, 0.6) is 0 Å². The number of nitrogens with one attached hydrogen (secondary N) is 2. The molecule has 0 atom stereocenters. The summed E-state index contributed by atoms with van der Waals surface area (Å²) in [6.07, 6.45) is 2.41. The molecule has 0 radical (unpaired) electrons. The van der Waals surface area contributed by atoms with Crippen molar-refractivity contribution in [2.45, 2.75) is 19.3 Å². The van der Waals surface area contributed by atoms with Gasteiger partial charge in [-0.3, -0.25) is 9.59 Å². The number of hydrogen-bond donors (Lipinski definition) is 3. The summed E-state index contributed by atoms with van der Waals surface area (Å²) in [7, 11) is 0. The van der Waals surface area contributed by atoms with Crippen LogP contribution in [0.4, 0.5) is 0 Å². The summed E-state index contributed by atoms with van der Waals surface area (Å²) in [4.78, 5) is 22.9. The van der Waals surface area contributed by atoms with Crippen molar-refractivity contribution in [2.24, 2.45) is 0 Å². The third kappa shape index (κ3) is 6.40. The highest BCUT2D eigenvalue weighted by Crippen LogP contribution is 2.13. The van der Waals surface area contributed by atoms with Gasteiger partial charge in [-0.2, -0.15) is 0 Å². The molecular weight excluding hydrogens is 316 g/mol. The average Bonchev–Trinajstić information content (AvgIpc) is 2.82. The summed E-state index contributed by atoms with van der Waals surface area (Å²) < 4.78 is 5.52. The molecule has 0 aromatic carbocycles. The number of furan rings is 1. The third-order valence-electron chi connectivity index (χ3n) is 2.36. The Morgan fingerprint density at radius 3 is 2.63 bits per heavy atom. The first kappa shape index (κ1) is 15.7. The highest BCUT2D eigenvalue weighted by molar-refractivity contribution is 9.10. The first-order valence-corrected chi connectivity index (χ1v) is 6.84. The fraction of sp³-hybridized carbons (Fsp3) is 0.500. The van der Waals surface area contributed by atoms with Crippen LogP contribution in [0.3, 0.4) is 0 Å². The number of carbonyl (C=O) groups is 2. The Kier molecular flexibility index (Phi) is 7.20. The molecule has 19 heavy (non-hydrogen) atoms. The summed E-state index contributed by atoms with van der Waals surface area (Å²) in [6.45, 7) is 0.626. The summed E-state index contributed by atoms with van der Waals surface area (Å²) in [5.41, 5.74) is 0. The SMILES string of the molecule is O=C(CNC(=O)c1ccc(Br)o1)NCCCCCO. The minimum Gasteiger partial charge on any atom is -0.444 e. The first-order valence-electron chi connectivity index (χ1n) is 6.04. The van der Waals surface area contributed by atoms with Crippen LogP contribution in [-0.2, 0) is 4.79 Å². The maximum atomic E-state index is 11.5. The molecule has 0 unspecified atom stereocenters. The first-order chi connectivity index (χ1) is 9.13. The Morgan fingerprint density at radius 1 is 1.21 bits per heavy atom. The maximum Gasteiger partial charge on any atom is 0.287 e. The molecule has 0 saturated heterocycles. The highest BCUT2D eigenvalue weighted by atomic mass is 79.9. The van der Waals surface area contributed by atoms with Crippen LogP contribution in [0, 0.1) is 0 Å². The van der Waals surface area contributed by atoms with E-state index < -0.39 is 5.91 Å². The standard InChI is InChI=1S/C12H17BrN2O4/c13-10-5-4-9(19-10)12(18)15-8-11(17)14-6-2-1-3-7-16/h4-5,16H,1-3,6-8H2,(H,14,17)(H,15,18). The smallest absolute Gasteiger partial charge is 0.287 e. The number of aliphatic hydroxyl groups is 1.